The Morgan fingerprint density at radius 2 is 1.00 bits per heavy atom. The van der Waals surface area contributed by atoms with Gasteiger partial charge in [0.15, 0.2) is 0 Å². The molecule has 0 nitrogen and oxygen atoms in total. The summed E-state index contributed by atoms with van der Waals surface area (Å²) in [4.78, 5) is 0. The van der Waals surface area contributed by atoms with E-state index in [2.05, 4.69) is 0 Å². The summed E-state index contributed by atoms with van der Waals surface area (Å²) in [5.41, 5.74) is 0. The summed E-state index contributed by atoms with van der Waals surface area (Å²) in [5.74, 6) is 0. The van der Waals surface area contributed by atoms with Crippen molar-refractivity contribution in [1.82, 2.24) is 0 Å². The van der Waals surface area contributed by atoms with E-state index >= 15 is 0 Å². The fraction of sp³-hybridized carbons (Fsp3) is 0. The molecule has 0 aliphatic rings. The third-order valence-electron chi connectivity index (χ3n) is 0. The molecule has 0 saturated heterocycles. The predicted molar refractivity (Wildman–Crippen MR) is 23.6 cm³/mol. The SMILES string of the molecule is Cl.Cl.[H-].[H-].[H-].[Mg+2].[Rb+]. The second kappa shape index (κ2) is 16.4. The van der Waals surface area contributed by atoms with Crippen LogP contribution in [0.25, 0.3) is 0 Å². The Morgan fingerprint density at radius 3 is 1.00 bits per heavy atom. The minimum absolute atomic E-state index is 0. The fourth-order valence-corrected chi connectivity index (χ4v) is 0. The van der Waals surface area contributed by atoms with Crippen LogP contribution in [0.3, 0.4) is 0 Å². The zero-order valence-corrected chi connectivity index (χ0v) is 10.5. The molecule has 0 bridgehead atoms. The van der Waals surface area contributed by atoms with Crippen molar-refractivity contribution in [3.63, 3.8) is 0 Å². The minimum atomic E-state index is 0. The van der Waals surface area contributed by atoms with E-state index in [9.17, 15) is 0 Å². The van der Waals surface area contributed by atoms with Gasteiger partial charge in [-0.1, -0.05) is 0 Å². The van der Waals surface area contributed by atoms with Gasteiger partial charge in [-0.25, -0.2) is 0 Å². The van der Waals surface area contributed by atoms with Crippen molar-refractivity contribution in [2.75, 3.05) is 0 Å². The van der Waals surface area contributed by atoms with Crippen LogP contribution in [0.4, 0.5) is 0 Å². The van der Waals surface area contributed by atoms with Gasteiger partial charge in [-0.15, -0.1) is 24.8 Å². The minimum Gasteiger partial charge on any atom is -1.00 e. The van der Waals surface area contributed by atoms with E-state index in [1.807, 2.05) is 0 Å². The molecule has 0 rings (SSSR count). The van der Waals surface area contributed by atoms with Crippen molar-refractivity contribution in [2.24, 2.45) is 0 Å². The van der Waals surface area contributed by atoms with Crippen LogP contribution >= 0.6 is 24.8 Å². The van der Waals surface area contributed by atoms with E-state index in [1.165, 1.54) is 0 Å². The molecule has 0 radical (unpaired) electrons. The number of hydrogen-bond acceptors (Lipinski definition) is 0. The molecule has 0 heterocycles. The van der Waals surface area contributed by atoms with Crippen LogP contribution in [-0.2, 0) is 0 Å². The van der Waals surface area contributed by atoms with Crippen LogP contribution < -0.4 is 58.2 Å². The Hall–Kier alpha value is 3.15. The quantitative estimate of drug-likeness (QED) is 0.376. The number of halogens is 2. The van der Waals surface area contributed by atoms with E-state index in [0.29, 0.717) is 0 Å². The van der Waals surface area contributed by atoms with Crippen molar-refractivity contribution < 1.29 is 62.5 Å². The van der Waals surface area contributed by atoms with Gasteiger partial charge in [0.1, 0.15) is 0 Å². The second-order valence-corrected chi connectivity index (χ2v) is 0. The summed E-state index contributed by atoms with van der Waals surface area (Å²) < 4.78 is 0. The first kappa shape index (κ1) is 27.2. The third-order valence-corrected chi connectivity index (χ3v) is 0. The molecule has 0 aliphatic heterocycles. The molecular weight excluding hydrogens is 181 g/mol. The average molecular weight is 186 g/mol. The normalized spacial score (nSPS) is 0. The first-order valence-corrected chi connectivity index (χ1v) is 0. The van der Waals surface area contributed by atoms with Gasteiger partial charge in [-0.3, -0.25) is 0 Å². The van der Waals surface area contributed by atoms with E-state index in [0.717, 1.165) is 0 Å². The summed E-state index contributed by atoms with van der Waals surface area (Å²) in [5, 5.41) is 0. The van der Waals surface area contributed by atoms with Gasteiger partial charge in [0.05, 0.1) is 0 Å². The molecule has 0 saturated carbocycles. The van der Waals surface area contributed by atoms with Crippen molar-refractivity contribution in [1.29, 1.82) is 0 Å². The molecule has 0 N–H and O–H groups in total. The molecule has 0 fully saturated rings. The second-order valence-electron chi connectivity index (χ2n) is 0. The first-order valence-electron chi connectivity index (χ1n) is 0. The topological polar surface area (TPSA) is 0 Å². The van der Waals surface area contributed by atoms with E-state index < -0.39 is 0 Å². The smallest absolute Gasteiger partial charge is 1.00 e. The maximum atomic E-state index is 0. The zero-order valence-electron chi connectivity index (χ0n) is 5.52. The molecule has 4 heteroatoms. The Bertz CT molecular complexity index is 12.9. The van der Waals surface area contributed by atoms with E-state index in [1.54, 1.807) is 0 Å². The Morgan fingerprint density at radius 1 is 1.00 bits per heavy atom. The molecule has 0 atom stereocenters. The molecule has 0 unspecified atom stereocenters. The summed E-state index contributed by atoms with van der Waals surface area (Å²) in [6.45, 7) is 0. The van der Waals surface area contributed by atoms with Crippen molar-refractivity contribution in [3.8, 4) is 0 Å². The maximum absolute atomic E-state index is 0. The third kappa shape index (κ3) is 8.94. The summed E-state index contributed by atoms with van der Waals surface area (Å²) >= 11 is 0. The molecule has 0 aliphatic carbocycles. The summed E-state index contributed by atoms with van der Waals surface area (Å²) in [6, 6.07) is 0. The fourth-order valence-electron chi connectivity index (χ4n) is 0. The van der Waals surface area contributed by atoms with Crippen LogP contribution in [0.1, 0.15) is 4.28 Å². The maximum Gasteiger partial charge on any atom is 2.00 e. The van der Waals surface area contributed by atoms with Crippen LogP contribution in [0.5, 0.6) is 0 Å². The van der Waals surface area contributed by atoms with E-state index in [4.69, 9.17) is 0 Å². The van der Waals surface area contributed by atoms with Gasteiger partial charge in [-0.05, 0) is 0 Å². The summed E-state index contributed by atoms with van der Waals surface area (Å²) in [6.07, 6.45) is 0. The van der Waals surface area contributed by atoms with Crippen LogP contribution in [-0.4, -0.2) is 23.1 Å². The van der Waals surface area contributed by atoms with Gasteiger partial charge in [0, 0.05) is 0 Å². The van der Waals surface area contributed by atoms with Gasteiger partial charge >= 0.3 is 81.2 Å². The van der Waals surface area contributed by atoms with Gasteiger partial charge in [0.2, 0.25) is 0 Å². The first-order chi connectivity index (χ1) is 0. The standard InChI is InChI=1S/2ClH.Mg.Rb.3H/h2*1H;;;;;/q;;+2;+1;3*-1. The Balaban J connectivity index is 0. The molecule has 0 aromatic rings. The molecular formula is H5Cl2MgRb. The van der Waals surface area contributed by atoms with Crippen LogP contribution in [0.2, 0.25) is 0 Å². The molecule has 0 amide bonds. The molecule has 0 aromatic carbocycles. The number of hydrogen-bond donors (Lipinski definition) is 0. The predicted octanol–water partition coefficient (Wildman–Crippen LogP) is -2.20. The molecule has 22 valence electrons. The Labute approximate surface area is 108 Å². The Kier molecular flexibility index (Phi) is 112. The van der Waals surface area contributed by atoms with Gasteiger partial charge < -0.3 is 4.28 Å². The molecule has 0 aromatic heterocycles. The van der Waals surface area contributed by atoms with Crippen LogP contribution in [0, 0.1) is 0 Å². The molecule has 4 heavy (non-hydrogen) atoms. The van der Waals surface area contributed by atoms with E-state index in [-0.39, 0.29) is 110 Å². The zero-order chi connectivity index (χ0) is 0. The van der Waals surface area contributed by atoms with Gasteiger partial charge in [-0.2, -0.15) is 0 Å². The number of rotatable bonds is 0. The van der Waals surface area contributed by atoms with Crippen molar-refractivity contribution in [3.05, 3.63) is 0 Å². The monoisotopic (exact) mass is 184 g/mol. The van der Waals surface area contributed by atoms with Gasteiger partial charge in [0.25, 0.3) is 0 Å². The van der Waals surface area contributed by atoms with Crippen molar-refractivity contribution >= 4 is 47.9 Å². The average Bonchev–Trinajstić information content (AvgIpc) is 0. The molecule has 0 spiro atoms. The van der Waals surface area contributed by atoms with Crippen molar-refractivity contribution in [2.45, 2.75) is 0 Å². The van der Waals surface area contributed by atoms with Crippen LogP contribution in [0.15, 0.2) is 0 Å². The largest absolute Gasteiger partial charge is 2.00 e. The summed E-state index contributed by atoms with van der Waals surface area (Å²) in [7, 11) is 0.